The standard InChI is InChI=1S/C23H31N3O3S/c1-4-22(26(30(3,28)29)21-12-8-18(2)9-13-21)23(27)24-19-10-14-20(15-11-19)25-16-6-5-7-17-25/h8-15,22H,4-7,16-17H2,1-3H3,(H,24,27)/t22-/m0/s1. The van der Waals surface area contributed by atoms with Crippen molar-refractivity contribution in [2.75, 3.05) is 33.9 Å². The normalized spacial score (nSPS) is 15.5. The molecule has 1 heterocycles. The number of piperidine rings is 1. The van der Waals surface area contributed by atoms with E-state index in [1.807, 2.05) is 50.2 Å². The Bertz CT molecular complexity index is 950. The van der Waals surface area contributed by atoms with Crippen LogP contribution in [0.25, 0.3) is 0 Å². The van der Waals surface area contributed by atoms with Crippen molar-refractivity contribution in [1.82, 2.24) is 0 Å². The lowest BCUT2D eigenvalue weighted by Crippen LogP contribution is -2.47. The summed E-state index contributed by atoms with van der Waals surface area (Å²) in [7, 11) is -3.63. The van der Waals surface area contributed by atoms with E-state index in [0.29, 0.717) is 17.8 Å². The van der Waals surface area contributed by atoms with Crippen LogP contribution in [0.15, 0.2) is 48.5 Å². The van der Waals surface area contributed by atoms with E-state index in [2.05, 4.69) is 10.2 Å². The van der Waals surface area contributed by atoms with Gasteiger partial charge in [-0.15, -0.1) is 0 Å². The van der Waals surface area contributed by atoms with E-state index < -0.39 is 16.1 Å². The number of hydrogen-bond donors (Lipinski definition) is 1. The number of amides is 1. The fourth-order valence-corrected chi connectivity index (χ4v) is 5.10. The molecule has 3 rings (SSSR count). The second-order valence-electron chi connectivity index (χ2n) is 7.90. The summed E-state index contributed by atoms with van der Waals surface area (Å²) in [6, 6.07) is 14.1. The van der Waals surface area contributed by atoms with Gasteiger partial charge in [0, 0.05) is 24.5 Å². The average molecular weight is 430 g/mol. The van der Waals surface area contributed by atoms with Crippen LogP contribution in [-0.4, -0.2) is 39.7 Å². The van der Waals surface area contributed by atoms with Crippen LogP contribution in [0.5, 0.6) is 0 Å². The highest BCUT2D eigenvalue weighted by molar-refractivity contribution is 7.92. The van der Waals surface area contributed by atoms with Gasteiger partial charge in [-0.3, -0.25) is 9.10 Å². The first kappa shape index (κ1) is 22.2. The highest BCUT2D eigenvalue weighted by atomic mass is 32.2. The zero-order chi connectivity index (χ0) is 21.7. The highest BCUT2D eigenvalue weighted by Gasteiger charge is 2.31. The minimum absolute atomic E-state index is 0.339. The van der Waals surface area contributed by atoms with Crippen molar-refractivity contribution >= 4 is 33.0 Å². The molecule has 7 heteroatoms. The second kappa shape index (κ2) is 9.51. The lowest BCUT2D eigenvalue weighted by Gasteiger charge is -2.30. The molecule has 0 radical (unpaired) electrons. The van der Waals surface area contributed by atoms with Gasteiger partial charge in [0.2, 0.25) is 15.9 Å². The first-order valence-electron chi connectivity index (χ1n) is 10.5. The maximum atomic E-state index is 13.0. The number of anilines is 3. The highest BCUT2D eigenvalue weighted by Crippen LogP contribution is 2.25. The molecule has 0 bridgehead atoms. The lowest BCUT2D eigenvalue weighted by molar-refractivity contribution is -0.117. The van der Waals surface area contributed by atoms with Gasteiger partial charge in [0.1, 0.15) is 6.04 Å². The van der Waals surface area contributed by atoms with Gasteiger partial charge in [-0.2, -0.15) is 0 Å². The minimum Gasteiger partial charge on any atom is -0.372 e. The van der Waals surface area contributed by atoms with Gasteiger partial charge in [-0.05, 0) is 69.0 Å². The SMILES string of the molecule is CC[C@@H](C(=O)Nc1ccc(N2CCCCC2)cc1)N(c1ccc(C)cc1)S(C)(=O)=O. The smallest absolute Gasteiger partial charge is 0.248 e. The summed E-state index contributed by atoms with van der Waals surface area (Å²) >= 11 is 0. The summed E-state index contributed by atoms with van der Waals surface area (Å²) in [6.45, 7) is 5.87. The Hall–Kier alpha value is -2.54. The van der Waals surface area contributed by atoms with Gasteiger partial charge in [0.15, 0.2) is 0 Å². The van der Waals surface area contributed by atoms with Crippen molar-refractivity contribution in [3.8, 4) is 0 Å². The summed E-state index contributed by atoms with van der Waals surface area (Å²) in [5, 5.41) is 2.89. The van der Waals surface area contributed by atoms with E-state index in [1.54, 1.807) is 12.1 Å². The third-order valence-corrected chi connectivity index (χ3v) is 6.65. The first-order valence-corrected chi connectivity index (χ1v) is 12.4. The van der Waals surface area contributed by atoms with Crippen LogP contribution in [0.1, 0.15) is 38.2 Å². The minimum atomic E-state index is -3.63. The van der Waals surface area contributed by atoms with Gasteiger partial charge in [0.25, 0.3) is 0 Å². The molecule has 30 heavy (non-hydrogen) atoms. The first-order chi connectivity index (χ1) is 14.3. The molecule has 0 unspecified atom stereocenters. The van der Waals surface area contributed by atoms with Crippen molar-refractivity contribution in [1.29, 1.82) is 0 Å². The lowest BCUT2D eigenvalue weighted by atomic mass is 10.1. The van der Waals surface area contributed by atoms with Crippen molar-refractivity contribution in [3.05, 3.63) is 54.1 Å². The summed E-state index contributed by atoms with van der Waals surface area (Å²) in [4.78, 5) is 15.4. The van der Waals surface area contributed by atoms with Crippen molar-refractivity contribution < 1.29 is 13.2 Å². The van der Waals surface area contributed by atoms with Gasteiger partial charge in [-0.1, -0.05) is 24.6 Å². The van der Waals surface area contributed by atoms with E-state index in [4.69, 9.17) is 0 Å². The Kier molecular flexibility index (Phi) is 7.02. The third-order valence-electron chi connectivity index (χ3n) is 5.47. The summed E-state index contributed by atoms with van der Waals surface area (Å²) in [5.74, 6) is -0.339. The van der Waals surface area contributed by atoms with Crippen LogP contribution in [0.3, 0.4) is 0 Å². The summed E-state index contributed by atoms with van der Waals surface area (Å²) in [5.41, 5.74) is 3.33. The monoisotopic (exact) mass is 429 g/mol. The molecule has 1 atom stereocenters. The number of nitrogens with one attached hydrogen (secondary N) is 1. The van der Waals surface area contributed by atoms with Crippen LogP contribution < -0.4 is 14.5 Å². The van der Waals surface area contributed by atoms with Gasteiger partial charge in [0.05, 0.1) is 11.9 Å². The predicted molar refractivity (Wildman–Crippen MR) is 124 cm³/mol. The van der Waals surface area contributed by atoms with E-state index in [9.17, 15) is 13.2 Å². The van der Waals surface area contributed by atoms with E-state index in [-0.39, 0.29) is 5.91 Å². The molecule has 0 spiro atoms. The molecule has 0 aliphatic carbocycles. The molecule has 162 valence electrons. The van der Waals surface area contributed by atoms with Crippen LogP contribution in [0.2, 0.25) is 0 Å². The van der Waals surface area contributed by atoms with Gasteiger partial charge in [-0.25, -0.2) is 8.42 Å². The fourth-order valence-electron chi connectivity index (χ4n) is 3.89. The van der Waals surface area contributed by atoms with Gasteiger partial charge >= 0.3 is 0 Å². The van der Waals surface area contributed by atoms with Crippen molar-refractivity contribution in [2.45, 2.75) is 45.6 Å². The number of aryl methyl sites for hydroxylation is 1. The molecule has 1 saturated heterocycles. The van der Waals surface area contributed by atoms with E-state index in [0.717, 1.165) is 30.6 Å². The molecule has 6 nitrogen and oxygen atoms in total. The molecule has 0 aromatic heterocycles. The zero-order valence-electron chi connectivity index (χ0n) is 18.0. The van der Waals surface area contributed by atoms with E-state index in [1.165, 1.54) is 23.6 Å². The molecular formula is C23H31N3O3S. The number of rotatable bonds is 7. The quantitative estimate of drug-likeness (QED) is 0.717. The molecule has 2 aromatic rings. The summed E-state index contributed by atoms with van der Waals surface area (Å²) < 4.78 is 26.3. The summed E-state index contributed by atoms with van der Waals surface area (Å²) in [6.07, 6.45) is 5.18. The molecule has 2 aromatic carbocycles. The molecule has 1 aliphatic heterocycles. The number of carbonyl (C=O) groups excluding carboxylic acids is 1. The number of hydrogen-bond acceptors (Lipinski definition) is 4. The zero-order valence-corrected chi connectivity index (χ0v) is 18.8. The second-order valence-corrected chi connectivity index (χ2v) is 9.76. The number of sulfonamides is 1. The Balaban J connectivity index is 1.77. The molecular weight excluding hydrogens is 398 g/mol. The molecule has 1 fully saturated rings. The molecule has 1 amide bonds. The molecule has 1 N–H and O–H groups in total. The van der Waals surface area contributed by atoms with Crippen LogP contribution in [0, 0.1) is 6.92 Å². The van der Waals surface area contributed by atoms with Crippen molar-refractivity contribution in [2.24, 2.45) is 0 Å². The Morgan fingerprint density at radius 1 is 1.03 bits per heavy atom. The Morgan fingerprint density at radius 3 is 2.17 bits per heavy atom. The molecule has 0 saturated carbocycles. The van der Waals surface area contributed by atoms with Crippen LogP contribution in [0.4, 0.5) is 17.1 Å². The molecule has 1 aliphatic rings. The fraction of sp³-hybridized carbons (Fsp3) is 0.435. The largest absolute Gasteiger partial charge is 0.372 e. The van der Waals surface area contributed by atoms with Crippen LogP contribution >= 0.6 is 0 Å². The topological polar surface area (TPSA) is 69.7 Å². The number of nitrogens with zero attached hydrogens (tertiary/aromatic N) is 2. The van der Waals surface area contributed by atoms with E-state index >= 15 is 0 Å². The van der Waals surface area contributed by atoms with Crippen molar-refractivity contribution in [3.63, 3.8) is 0 Å². The average Bonchev–Trinajstić information content (AvgIpc) is 2.73. The maximum absolute atomic E-state index is 13.0. The Morgan fingerprint density at radius 2 is 1.63 bits per heavy atom. The Labute approximate surface area is 179 Å². The predicted octanol–water partition coefficient (Wildman–Crippen LogP) is 4.17. The van der Waals surface area contributed by atoms with Crippen LogP contribution in [-0.2, 0) is 14.8 Å². The number of carbonyl (C=O) groups is 1. The van der Waals surface area contributed by atoms with Gasteiger partial charge < -0.3 is 10.2 Å². The number of benzene rings is 2. The maximum Gasteiger partial charge on any atom is 0.248 e. The third kappa shape index (κ3) is 5.33.